The fourth-order valence-electron chi connectivity index (χ4n) is 3.62. The van der Waals surface area contributed by atoms with E-state index in [0.717, 1.165) is 10.5 Å². The van der Waals surface area contributed by atoms with Crippen molar-refractivity contribution in [2.24, 2.45) is 0 Å². The average molecular weight is 404 g/mol. The number of carboxylic acid groups (broad SMARTS) is 1. The molecule has 1 aromatic carbocycles. The number of esters is 1. The summed E-state index contributed by atoms with van der Waals surface area (Å²) in [5.41, 5.74) is -0.788. The Labute approximate surface area is 170 Å². The van der Waals surface area contributed by atoms with Crippen LogP contribution in [-0.2, 0) is 30.3 Å². The van der Waals surface area contributed by atoms with Crippen LogP contribution in [-0.4, -0.2) is 64.9 Å². The summed E-state index contributed by atoms with van der Waals surface area (Å²) in [5.74, 6) is -2.33. The van der Waals surface area contributed by atoms with Gasteiger partial charge < -0.3 is 19.5 Å². The second-order valence-electron chi connectivity index (χ2n) is 7.16. The molecule has 1 aromatic rings. The van der Waals surface area contributed by atoms with Gasteiger partial charge in [-0.2, -0.15) is 0 Å². The van der Waals surface area contributed by atoms with Crippen LogP contribution in [0.3, 0.4) is 0 Å². The molecule has 0 aliphatic carbocycles. The topological polar surface area (TPSA) is 113 Å². The number of carboxylic acids is 1. The molecule has 0 spiro atoms. The van der Waals surface area contributed by atoms with Crippen LogP contribution in [0.2, 0.25) is 0 Å². The van der Waals surface area contributed by atoms with E-state index in [-0.39, 0.29) is 19.6 Å². The van der Waals surface area contributed by atoms with Crippen molar-refractivity contribution in [3.05, 3.63) is 35.9 Å². The van der Waals surface area contributed by atoms with E-state index in [1.807, 2.05) is 30.3 Å². The minimum absolute atomic E-state index is 0.0829. The smallest absolute Gasteiger partial charge is 0.337 e. The zero-order valence-electron chi connectivity index (χ0n) is 16.8. The van der Waals surface area contributed by atoms with Crippen molar-refractivity contribution in [3.63, 3.8) is 0 Å². The molecule has 1 aliphatic heterocycles. The molecule has 2 rings (SSSR count). The molecular weight excluding hydrogens is 376 g/mol. The molecule has 29 heavy (non-hydrogen) atoms. The number of amides is 1. The number of aliphatic carboxylic acids is 1. The fourth-order valence-corrected chi connectivity index (χ4v) is 3.62. The van der Waals surface area contributed by atoms with E-state index in [9.17, 15) is 24.3 Å². The maximum atomic E-state index is 12.9. The summed E-state index contributed by atoms with van der Waals surface area (Å²) in [6, 6.07) is 8.05. The molecule has 158 valence electrons. The van der Waals surface area contributed by atoms with Gasteiger partial charge in [0.15, 0.2) is 11.8 Å². The van der Waals surface area contributed by atoms with Crippen LogP contribution < -0.4 is 5.32 Å². The van der Waals surface area contributed by atoms with Gasteiger partial charge in [-0.05, 0) is 45.1 Å². The molecule has 0 radical (unpaired) electrons. The van der Waals surface area contributed by atoms with E-state index < -0.39 is 35.5 Å². The Bertz CT molecular complexity index is 738. The molecule has 3 atom stereocenters. The number of aryl methyl sites for hydroxylation is 1. The second kappa shape index (κ2) is 10.2. The Morgan fingerprint density at radius 2 is 2.00 bits per heavy atom. The van der Waals surface area contributed by atoms with Crippen LogP contribution >= 0.6 is 0 Å². The Morgan fingerprint density at radius 1 is 1.31 bits per heavy atom. The number of nitrogens with one attached hydrogen (secondary N) is 1. The van der Waals surface area contributed by atoms with Crippen molar-refractivity contribution in [1.82, 2.24) is 10.2 Å². The number of carbonyl (C=O) groups excluding carboxylic acids is 3. The standard InChI is InChI=1S/C21H28N2O6/c1-3-29-19(26)17(11-10-16-8-5-4-6-9-16)22-15(2)18(25)23-13-7-12-21(23,14-24)20(27)28/h4-6,8-9,14-15,17,22H,3,7,10-13H2,1-2H3,(H,27,28)/t15?,17-,21-/m0/s1. The number of benzene rings is 1. The SMILES string of the molecule is CCOC(=O)[C@H](CCc1ccccc1)NC(C)C(=O)N1CCC[C@]1(C=O)C(=O)O. The minimum atomic E-state index is -1.84. The predicted octanol–water partition coefficient (Wildman–Crippen LogP) is 1.17. The van der Waals surface area contributed by atoms with Crippen molar-refractivity contribution >= 4 is 24.1 Å². The third-order valence-electron chi connectivity index (χ3n) is 5.21. The van der Waals surface area contributed by atoms with Crippen molar-refractivity contribution in [2.45, 2.75) is 57.2 Å². The molecule has 2 N–H and O–H groups in total. The fraction of sp³-hybridized carbons (Fsp3) is 0.524. The first kappa shape index (κ1) is 22.5. The lowest BCUT2D eigenvalue weighted by Crippen LogP contribution is -2.59. The summed E-state index contributed by atoms with van der Waals surface area (Å²) >= 11 is 0. The second-order valence-corrected chi connectivity index (χ2v) is 7.16. The van der Waals surface area contributed by atoms with Gasteiger partial charge in [0.2, 0.25) is 5.91 Å². The van der Waals surface area contributed by atoms with E-state index in [0.29, 0.717) is 25.5 Å². The molecule has 1 unspecified atom stereocenters. The van der Waals surface area contributed by atoms with Crippen LogP contribution in [0.4, 0.5) is 0 Å². The third kappa shape index (κ3) is 5.20. The molecule has 0 saturated carbocycles. The average Bonchev–Trinajstić information content (AvgIpc) is 3.16. The lowest BCUT2D eigenvalue weighted by Gasteiger charge is -2.33. The molecule has 0 bridgehead atoms. The van der Waals surface area contributed by atoms with Gasteiger partial charge in [-0.25, -0.2) is 4.79 Å². The van der Waals surface area contributed by atoms with E-state index >= 15 is 0 Å². The summed E-state index contributed by atoms with van der Waals surface area (Å²) in [5, 5.41) is 12.5. The number of hydrogen-bond donors (Lipinski definition) is 2. The van der Waals surface area contributed by atoms with E-state index in [1.165, 1.54) is 0 Å². The highest BCUT2D eigenvalue weighted by molar-refractivity contribution is 6.02. The quantitative estimate of drug-likeness (QED) is 0.342. The van der Waals surface area contributed by atoms with Crippen LogP contribution in [0.15, 0.2) is 30.3 Å². The Balaban J connectivity index is 2.10. The summed E-state index contributed by atoms with van der Waals surface area (Å²) in [6.07, 6.45) is 1.86. The van der Waals surface area contributed by atoms with Gasteiger partial charge >= 0.3 is 11.9 Å². The normalized spacial score (nSPS) is 20.7. The molecule has 1 heterocycles. The van der Waals surface area contributed by atoms with Crippen LogP contribution in [0, 0.1) is 0 Å². The maximum absolute atomic E-state index is 12.9. The van der Waals surface area contributed by atoms with Gasteiger partial charge in [0.1, 0.15) is 6.04 Å². The lowest BCUT2D eigenvalue weighted by atomic mass is 9.97. The van der Waals surface area contributed by atoms with Crippen LogP contribution in [0.1, 0.15) is 38.7 Å². The van der Waals surface area contributed by atoms with Crippen molar-refractivity contribution in [3.8, 4) is 0 Å². The van der Waals surface area contributed by atoms with Gasteiger partial charge in [0, 0.05) is 6.54 Å². The highest BCUT2D eigenvalue weighted by atomic mass is 16.5. The largest absolute Gasteiger partial charge is 0.479 e. The van der Waals surface area contributed by atoms with Crippen LogP contribution in [0.25, 0.3) is 0 Å². The van der Waals surface area contributed by atoms with E-state index in [4.69, 9.17) is 4.74 Å². The Kier molecular flexibility index (Phi) is 7.90. The van der Waals surface area contributed by atoms with E-state index in [1.54, 1.807) is 13.8 Å². The predicted molar refractivity (Wildman–Crippen MR) is 105 cm³/mol. The number of ether oxygens (including phenoxy) is 1. The highest BCUT2D eigenvalue weighted by Gasteiger charge is 2.51. The number of likely N-dealkylation sites (tertiary alicyclic amines) is 1. The zero-order chi connectivity index (χ0) is 21.4. The zero-order valence-corrected chi connectivity index (χ0v) is 16.8. The first-order valence-electron chi connectivity index (χ1n) is 9.83. The number of nitrogens with zero attached hydrogens (tertiary/aromatic N) is 1. The summed E-state index contributed by atoms with van der Waals surface area (Å²) < 4.78 is 5.12. The first-order chi connectivity index (χ1) is 13.9. The van der Waals surface area contributed by atoms with Gasteiger partial charge in [-0.3, -0.25) is 14.9 Å². The van der Waals surface area contributed by atoms with Crippen molar-refractivity contribution in [1.29, 1.82) is 0 Å². The number of carbonyl (C=O) groups is 4. The minimum Gasteiger partial charge on any atom is -0.479 e. The number of rotatable bonds is 10. The molecule has 0 aromatic heterocycles. The van der Waals surface area contributed by atoms with E-state index in [2.05, 4.69) is 5.32 Å². The maximum Gasteiger partial charge on any atom is 0.337 e. The van der Waals surface area contributed by atoms with Gasteiger partial charge in [0.25, 0.3) is 0 Å². The molecule has 8 heteroatoms. The van der Waals surface area contributed by atoms with Crippen LogP contribution in [0.5, 0.6) is 0 Å². The van der Waals surface area contributed by atoms with Crippen molar-refractivity contribution < 1.29 is 29.0 Å². The summed E-state index contributed by atoms with van der Waals surface area (Å²) in [6.45, 7) is 3.66. The molecule has 1 amide bonds. The first-order valence-corrected chi connectivity index (χ1v) is 9.83. The Morgan fingerprint density at radius 3 is 2.59 bits per heavy atom. The van der Waals surface area contributed by atoms with Crippen molar-refractivity contribution in [2.75, 3.05) is 13.2 Å². The number of aldehydes is 1. The molecular formula is C21H28N2O6. The Hall–Kier alpha value is -2.74. The summed E-state index contributed by atoms with van der Waals surface area (Å²) in [4.78, 5) is 49.5. The lowest BCUT2D eigenvalue weighted by molar-refractivity contribution is -0.159. The third-order valence-corrected chi connectivity index (χ3v) is 5.21. The molecule has 1 aliphatic rings. The van der Waals surface area contributed by atoms with Gasteiger partial charge in [-0.15, -0.1) is 0 Å². The molecule has 1 saturated heterocycles. The highest BCUT2D eigenvalue weighted by Crippen LogP contribution is 2.28. The van der Waals surface area contributed by atoms with Gasteiger partial charge in [-0.1, -0.05) is 30.3 Å². The molecule has 8 nitrogen and oxygen atoms in total. The molecule has 1 fully saturated rings. The van der Waals surface area contributed by atoms with Gasteiger partial charge in [0.05, 0.1) is 12.6 Å². The summed E-state index contributed by atoms with van der Waals surface area (Å²) in [7, 11) is 0. The number of hydrogen-bond acceptors (Lipinski definition) is 6. The monoisotopic (exact) mass is 404 g/mol.